The van der Waals surface area contributed by atoms with Crippen molar-refractivity contribution in [3.8, 4) is 6.07 Å². The second-order valence-corrected chi connectivity index (χ2v) is 6.20. The lowest BCUT2D eigenvalue weighted by molar-refractivity contribution is -0.0961. The molecule has 1 heterocycles. The number of allylic oxidation sites excluding steroid dienone is 1. The molecule has 2 rings (SSSR count). The molecular weight excluding hydrogens is 449 g/mol. The number of hydrogen-bond acceptors (Lipinski definition) is 2. The number of aliphatic imine (C=N–C) groups is 1. The van der Waals surface area contributed by atoms with Crippen LogP contribution < -0.4 is 0 Å². The maximum absolute atomic E-state index is 13.1. The van der Waals surface area contributed by atoms with Crippen LogP contribution in [0.1, 0.15) is 5.56 Å². The molecule has 128 valence electrons. The molecule has 0 aromatic heterocycles. The minimum atomic E-state index is -5.40. The van der Waals surface area contributed by atoms with Gasteiger partial charge in [-0.25, -0.2) is 4.99 Å². The molecule has 0 saturated carbocycles. The van der Waals surface area contributed by atoms with E-state index in [9.17, 15) is 31.6 Å². The summed E-state index contributed by atoms with van der Waals surface area (Å²) in [7, 11) is 0. The summed E-state index contributed by atoms with van der Waals surface area (Å²) in [6.45, 7) is 0. The SMILES string of the molecule is N#CC1(c2ccc(Cl)c(Cl)c2)N=C(C(F)(F)F)C(C(F)(F)F)=C1Br. The average molecular weight is 452 g/mol. The maximum Gasteiger partial charge on any atom is 0.433 e. The van der Waals surface area contributed by atoms with Crippen LogP contribution in [-0.2, 0) is 5.54 Å². The molecule has 0 saturated heterocycles. The standard InChI is InChI=1S/C13H3BrCl2F6N2/c14-9-8(12(17,18)19)10(13(20,21)22)24-11(9,4-23)5-1-2-6(15)7(16)3-5/h1-3H. The summed E-state index contributed by atoms with van der Waals surface area (Å²) >= 11 is 13.9. The van der Waals surface area contributed by atoms with E-state index in [4.69, 9.17) is 23.2 Å². The first-order valence-corrected chi connectivity index (χ1v) is 7.41. The molecule has 0 amide bonds. The van der Waals surface area contributed by atoms with Crippen molar-refractivity contribution in [1.82, 2.24) is 0 Å². The Bertz CT molecular complexity index is 806. The van der Waals surface area contributed by atoms with Crippen molar-refractivity contribution in [2.45, 2.75) is 17.9 Å². The highest BCUT2D eigenvalue weighted by Crippen LogP contribution is 2.51. The largest absolute Gasteiger partial charge is 0.433 e. The molecule has 1 aromatic rings. The van der Waals surface area contributed by atoms with Gasteiger partial charge in [0.25, 0.3) is 0 Å². The first-order chi connectivity index (χ1) is 10.8. The van der Waals surface area contributed by atoms with Gasteiger partial charge in [-0.05, 0) is 12.1 Å². The van der Waals surface area contributed by atoms with Gasteiger partial charge in [-0.2, -0.15) is 31.6 Å². The molecule has 24 heavy (non-hydrogen) atoms. The zero-order valence-electron chi connectivity index (χ0n) is 11.0. The van der Waals surface area contributed by atoms with Gasteiger partial charge in [-0.1, -0.05) is 45.2 Å². The molecule has 1 unspecified atom stereocenters. The molecule has 0 fully saturated rings. The maximum atomic E-state index is 13.1. The minimum Gasteiger partial charge on any atom is -0.247 e. The highest BCUT2D eigenvalue weighted by atomic mass is 79.9. The monoisotopic (exact) mass is 450 g/mol. The van der Waals surface area contributed by atoms with Crippen LogP contribution in [0.2, 0.25) is 10.0 Å². The molecule has 11 heteroatoms. The van der Waals surface area contributed by atoms with E-state index >= 15 is 0 Å². The van der Waals surface area contributed by atoms with Crippen molar-refractivity contribution < 1.29 is 26.3 Å². The summed E-state index contributed by atoms with van der Waals surface area (Å²) < 4.78 is 77.3. The fourth-order valence-corrected chi connectivity index (χ4v) is 3.19. The third-order valence-electron chi connectivity index (χ3n) is 3.10. The first kappa shape index (κ1) is 19.1. The van der Waals surface area contributed by atoms with Crippen LogP contribution >= 0.6 is 39.1 Å². The Hall–Kier alpha value is -1.24. The van der Waals surface area contributed by atoms with Crippen molar-refractivity contribution in [3.05, 3.63) is 43.9 Å². The highest BCUT2D eigenvalue weighted by Gasteiger charge is 2.58. The summed E-state index contributed by atoms with van der Waals surface area (Å²) in [6.07, 6.45) is -10.8. The van der Waals surface area contributed by atoms with Gasteiger partial charge in [-0.3, -0.25) is 0 Å². The van der Waals surface area contributed by atoms with Gasteiger partial charge in [-0.15, -0.1) is 0 Å². The number of nitrogens with zero attached hydrogens (tertiary/aromatic N) is 2. The summed E-state index contributed by atoms with van der Waals surface area (Å²) in [4.78, 5) is 3.07. The van der Waals surface area contributed by atoms with E-state index in [0.29, 0.717) is 0 Å². The molecule has 1 aliphatic heterocycles. The number of halogens is 9. The Labute approximate surface area is 149 Å². The Morgan fingerprint density at radius 1 is 1.04 bits per heavy atom. The molecule has 0 N–H and O–H groups in total. The van der Waals surface area contributed by atoms with Gasteiger partial charge < -0.3 is 0 Å². The van der Waals surface area contributed by atoms with E-state index in [-0.39, 0.29) is 15.6 Å². The number of alkyl halides is 6. The fourth-order valence-electron chi connectivity index (χ4n) is 2.07. The summed E-state index contributed by atoms with van der Waals surface area (Å²) in [5, 5.41) is 9.21. The van der Waals surface area contributed by atoms with Crippen molar-refractivity contribution in [3.63, 3.8) is 0 Å². The highest BCUT2D eigenvalue weighted by molar-refractivity contribution is 9.11. The lowest BCUT2D eigenvalue weighted by Gasteiger charge is -2.20. The molecule has 0 spiro atoms. The van der Waals surface area contributed by atoms with E-state index in [1.54, 1.807) is 0 Å². The minimum absolute atomic E-state index is 0.0164. The van der Waals surface area contributed by atoms with Gasteiger partial charge >= 0.3 is 12.4 Å². The van der Waals surface area contributed by atoms with E-state index < -0.39 is 33.7 Å². The topological polar surface area (TPSA) is 36.1 Å². The van der Waals surface area contributed by atoms with Crippen molar-refractivity contribution >= 4 is 44.8 Å². The van der Waals surface area contributed by atoms with Crippen LogP contribution in [0.4, 0.5) is 26.3 Å². The van der Waals surface area contributed by atoms with E-state index in [0.717, 1.165) is 18.2 Å². The fraction of sp³-hybridized carbons (Fsp3) is 0.231. The third-order valence-corrected chi connectivity index (χ3v) is 4.81. The van der Waals surface area contributed by atoms with Crippen LogP contribution in [0.5, 0.6) is 0 Å². The van der Waals surface area contributed by atoms with Gasteiger partial charge in [0, 0.05) is 5.56 Å². The summed E-state index contributed by atoms with van der Waals surface area (Å²) in [6, 6.07) is 4.62. The molecular formula is C13H3BrCl2F6N2. The summed E-state index contributed by atoms with van der Waals surface area (Å²) in [5.41, 5.74) is -7.09. The molecule has 1 aliphatic rings. The number of benzene rings is 1. The molecule has 2 nitrogen and oxygen atoms in total. The predicted octanol–water partition coefficient (Wildman–Crippen LogP) is 5.94. The van der Waals surface area contributed by atoms with Crippen molar-refractivity contribution in [1.29, 1.82) is 5.26 Å². The van der Waals surface area contributed by atoms with Crippen LogP contribution in [0.3, 0.4) is 0 Å². The second-order valence-electron chi connectivity index (χ2n) is 4.60. The van der Waals surface area contributed by atoms with Gasteiger partial charge in [0.05, 0.1) is 20.1 Å². The quantitative estimate of drug-likeness (QED) is 0.486. The Morgan fingerprint density at radius 2 is 1.62 bits per heavy atom. The van der Waals surface area contributed by atoms with E-state index in [1.165, 1.54) is 6.07 Å². The zero-order chi connectivity index (χ0) is 18.5. The lowest BCUT2D eigenvalue weighted by atomic mass is 9.91. The van der Waals surface area contributed by atoms with Gasteiger partial charge in [0.15, 0.2) is 5.71 Å². The zero-order valence-corrected chi connectivity index (χ0v) is 14.1. The predicted molar refractivity (Wildman–Crippen MR) is 79.3 cm³/mol. The average Bonchev–Trinajstić information content (AvgIpc) is 2.76. The second kappa shape index (κ2) is 5.93. The lowest BCUT2D eigenvalue weighted by Crippen LogP contribution is -2.30. The molecule has 0 radical (unpaired) electrons. The Balaban J connectivity index is 2.84. The Morgan fingerprint density at radius 3 is 2.00 bits per heavy atom. The third kappa shape index (κ3) is 3.03. The molecule has 1 atom stereocenters. The molecule has 1 aromatic carbocycles. The van der Waals surface area contributed by atoms with E-state index in [2.05, 4.69) is 20.9 Å². The Kier molecular flexibility index (Phi) is 4.72. The molecule has 0 aliphatic carbocycles. The van der Waals surface area contributed by atoms with Gasteiger partial charge in [0.2, 0.25) is 5.54 Å². The van der Waals surface area contributed by atoms with Crippen molar-refractivity contribution in [2.75, 3.05) is 0 Å². The van der Waals surface area contributed by atoms with Crippen molar-refractivity contribution in [2.24, 2.45) is 4.99 Å². The first-order valence-electron chi connectivity index (χ1n) is 5.86. The number of rotatable bonds is 1. The molecule has 0 bridgehead atoms. The van der Waals surface area contributed by atoms with E-state index in [1.807, 2.05) is 0 Å². The van der Waals surface area contributed by atoms with Crippen LogP contribution in [0.15, 0.2) is 33.2 Å². The van der Waals surface area contributed by atoms with Crippen LogP contribution in [0.25, 0.3) is 0 Å². The van der Waals surface area contributed by atoms with Crippen LogP contribution in [0, 0.1) is 11.3 Å². The van der Waals surface area contributed by atoms with Crippen LogP contribution in [-0.4, -0.2) is 18.1 Å². The van der Waals surface area contributed by atoms with Gasteiger partial charge in [0.1, 0.15) is 6.07 Å². The number of hydrogen-bond donors (Lipinski definition) is 0. The smallest absolute Gasteiger partial charge is 0.247 e. The number of nitriles is 1. The normalized spacial score (nSPS) is 21.8. The summed E-state index contributed by atoms with van der Waals surface area (Å²) in [5.74, 6) is 0.